The molecule has 1 N–H and O–H groups in total. The Kier molecular flexibility index (Phi) is 10.5. The summed E-state index contributed by atoms with van der Waals surface area (Å²) in [5.41, 5.74) is 2.16. The lowest BCUT2D eigenvalue weighted by molar-refractivity contribution is -0.140. The van der Waals surface area contributed by atoms with Crippen LogP contribution in [0, 0.1) is 6.92 Å². The Hall–Kier alpha value is -4.05. The molecule has 9 nitrogen and oxygen atoms in total. The predicted molar refractivity (Wildman–Crippen MR) is 162 cm³/mol. The average Bonchev–Trinajstić information content (AvgIpc) is 3.01. The molecule has 0 aromatic heterocycles. The topological polar surface area (TPSA) is 105 Å². The molecular weight excluding hydrogens is 554 g/mol. The Morgan fingerprint density at radius 3 is 2.29 bits per heavy atom. The lowest BCUT2D eigenvalue weighted by Crippen LogP contribution is -2.52. The molecule has 42 heavy (non-hydrogen) atoms. The molecule has 0 bridgehead atoms. The van der Waals surface area contributed by atoms with E-state index in [1.165, 1.54) is 17.0 Å². The average molecular weight is 594 g/mol. The standard InChI is InChI=1S/C32H39N3O6S/c1-4-6-18-33-32(37)28(5-2)34(22-25-14-12-24(3)13-15-25)31(36)23-35(42(38,39)27-10-8-7-9-11-27)26-16-17-29-30(21-26)41-20-19-40-29/h7-17,21,28H,4-6,18-20,22-23H2,1-3H3,(H,33,37). The van der Waals surface area contributed by atoms with Crippen molar-refractivity contribution in [3.05, 3.63) is 83.9 Å². The van der Waals surface area contributed by atoms with E-state index in [4.69, 9.17) is 9.47 Å². The first-order valence-corrected chi connectivity index (χ1v) is 15.8. The van der Waals surface area contributed by atoms with Gasteiger partial charge in [-0.1, -0.05) is 68.3 Å². The lowest BCUT2D eigenvalue weighted by Gasteiger charge is -2.33. The van der Waals surface area contributed by atoms with Gasteiger partial charge in [0.1, 0.15) is 25.8 Å². The number of sulfonamides is 1. The van der Waals surface area contributed by atoms with Crippen LogP contribution < -0.4 is 19.1 Å². The number of hydrogen-bond donors (Lipinski definition) is 1. The number of unbranched alkanes of at least 4 members (excludes halogenated alkanes) is 1. The number of nitrogens with one attached hydrogen (secondary N) is 1. The fourth-order valence-electron chi connectivity index (χ4n) is 4.75. The largest absolute Gasteiger partial charge is 0.486 e. The van der Waals surface area contributed by atoms with Crippen molar-refractivity contribution in [3.63, 3.8) is 0 Å². The number of carbonyl (C=O) groups excluding carboxylic acids is 2. The number of hydrogen-bond acceptors (Lipinski definition) is 6. The van der Waals surface area contributed by atoms with Crippen LogP contribution in [-0.4, -0.2) is 57.5 Å². The van der Waals surface area contributed by atoms with Gasteiger partial charge in [0.15, 0.2) is 11.5 Å². The summed E-state index contributed by atoms with van der Waals surface area (Å²) >= 11 is 0. The molecule has 0 spiro atoms. The summed E-state index contributed by atoms with van der Waals surface area (Å²) < 4.78 is 40.4. The van der Waals surface area contributed by atoms with Crippen LogP contribution in [0.4, 0.5) is 5.69 Å². The molecule has 1 unspecified atom stereocenters. The van der Waals surface area contributed by atoms with Crippen LogP contribution in [0.25, 0.3) is 0 Å². The number of ether oxygens (including phenoxy) is 2. The van der Waals surface area contributed by atoms with Crippen molar-refractivity contribution in [1.82, 2.24) is 10.2 Å². The molecular formula is C32H39N3O6S. The molecule has 0 fully saturated rings. The third-order valence-electron chi connectivity index (χ3n) is 7.11. The van der Waals surface area contributed by atoms with E-state index < -0.39 is 28.5 Å². The first-order chi connectivity index (χ1) is 20.2. The van der Waals surface area contributed by atoms with Crippen molar-refractivity contribution in [2.75, 3.05) is 30.6 Å². The number of aryl methyl sites for hydroxylation is 1. The van der Waals surface area contributed by atoms with Gasteiger partial charge in [-0.15, -0.1) is 0 Å². The van der Waals surface area contributed by atoms with Crippen LogP contribution in [0.5, 0.6) is 11.5 Å². The summed E-state index contributed by atoms with van der Waals surface area (Å²) in [7, 11) is -4.17. The number of benzene rings is 3. The second kappa shape index (κ2) is 14.2. The van der Waals surface area contributed by atoms with Crippen LogP contribution in [0.15, 0.2) is 77.7 Å². The molecule has 1 aliphatic rings. The van der Waals surface area contributed by atoms with Crippen LogP contribution in [0.2, 0.25) is 0 Å². The third-order valence-corrected chi connectivity index (χ3v) is 8.90. The molecule has 2 amide bonds. The number of fused-ring (bicyclic) bond motifs is 1. The monoisotopic (exact) mass is 593 g/mol. The van der Waals surface area contributed by atoms with Gasteiger partial charge in [-0.3, -0.25) is 13.9 Å². The van der Waals surface area contributed by atoms with E-state index in [9.17, 15) is 18.0 Å². The smallest absolute Gasteiger partial charge is 0.264 e. The van der Waals surface area contributed by atoms with E-state index in [0.29, 0.717) is 37.7 Å². The molecule has 1 heterocycles. The Bertz CT molecular complexity index is 1460. The predicted octanol–water partition coefficient (Wildman–Crippen LogP) is 4.69. The number of anilines is 1. The quantitative estimate of drug-likeness (QED) is 0.289. The molecule has 0 saturated carbocycles. The van der Waals surface area contributed by atoms with E-state index in [1.807, 2.05) is 45.0 Å². The van der Waals surface area contributed by atoms with Gasteiger partial charge in [0.2, 0.25) is 11.8 Å². The van der Waals surface area contributed by atoms with Crippen molar-refractivity contribution >= 4 is 27.5 Å². The molecule has 4 rings (SSSR count). The maximum atomic E-state index is 14.2. The molecule has 0 radical (unpaired) electrons. The zero-order valence-electron chi connectivity index (χ0n) is 24.4. The number of carbonyl (C=O) groups is 2. The van der Waals surface area contributed by atoms with Gasteiger partial charge < -0.3 is 19.7 Å². The Balaban J connectivity index is 1.72. The fourth-order valence-corrected chi connectivity index (χ4v) is 6.18. The maximum Gasteiger partial charge on any atom is 0.264 e. The van der Waals surface area contributed by atoms with Crippen LogP contribution in [-0.2, 0) is 26.2 Å². The summed E-state index contributed by atoms with van der Waals surface area (Å²) in [6.45, 7) is 6.72. The molecule has 3 aromatic rings. The molecule has 1 atom stereocenters. The molecule has 224 valence electrons. The Labute approximate surface area is 248 Å². The van der Waals surface area contributed by atoms with Gasteiger partial charge in [-0.05, 0) is 49.6 Å². The van der Waals surface area contributed by atoms with Gasteiger partial charge in [-0.2, -0.15) is 0 Å². The highest BCUT2D eigenvalue weighted by atomic mass is 32.2. The SMILES string of the molecule is CCCCNC(=O)C(CC)N(Cc1ccc(C)cc1)C(=O)CN(c1ccc2c(c1)OCCO2)S(=O)(=O)c1ccccc1. The molecule has 10 heteroatoms. The fraction of sp³-hybridized carbons (Fsp3) is 0.375. The van der Waals surface area contributed by atoms with Crippen molar-refractivity contribution < 1.29 is 27.5 Å². The van der Waals surface area contributed by atoms with E-state index in [1.54, 1.807) is 36.4 Å². The number of amides is 2. The van der Waals surface area contributed by atoms with Crippen molar-refractivity contribution in [1.29, 1.82) is 0 Å². The zero-order valence-corrected chi connectivity index (χ0v) is 25.2. The third kappa shape index (κ3) is 7.42. The van der Waals surface area contributed by atoms with Crippen LogP contribution >= 0.6 is 0 Å². The van der Waals surface area contributed by atoms with E-state index in [0.717, 1.165) is 28.3 Å². The van der Waals surface area contributed by atoms with E-state index >= 15 is 0 Å². The van der Waals surface area contributed by atoms with Gasteiger partial charge in [0.05, 0.1) is 10.6 Å². The number of rotatable bonds is 13. The van der Waals surface area contributed by atoms with Crippen LogP contribution in [0.3, 0.4) is 0 Å². The molecule has 0 saturated heterocycles. The highest BCUT2D eigenvalue weighted by Crippen LogP contribution is 2.36. The first kappa shape index (κ1) is 30.9. The normalized spacial score (nSPS) is 13.2. The summed E-state index contributed by atoms with van der Waals surface area (Å²) in [5, 5.41) is 2.95. The zero-order chi connectivity index (χ0) is 30.1. The minimum atomic E-state index is -4.17. The first-order valence-electron chi connectivity index (χ1n) is 14.3. The second-order valence-electron chi connectivity index (χ2n) is 10.2. The molecule has 1 aliphatic heterocycles. The highest BCUT2D eigenvalue weighted by molar-refractivity contribution is 7.92. The van der Waals surface area contributed by atoms with Gasteiger partial charge in [-0.25, -0.2) is 8.42 Å². The van der Waals surface area contributed by atoms with E-state index in [-0.39, 0.29) is 23.0 Å². The Morgan fingerprint density at radius 1 is 0.929 bits per heavy atom. The summed E-state index contributed by atoms with van der Waals surface area (Å²) in [5.74, 6) is 0.146. The molecule has 0 aliphatic carbocycles. The van der Waals surface area contributed by atoms with Crippen molar-refractivity contribution in [2.45, 2.75) is 57.5 Å². The second-order valence-corrected chi connectivity index (χ2v) is 12.1. The van der Waals surface area contributed by atoms with Crippen molar-refractivity contribution in [2.24, 2.45) is 0 Å². The summed E-state index contributed by atoms with van der Waals surface area (Å²) in [4.78, 5) is 29.0. The van der Waals surface area contributed by atoms with E-state index in [2.05, 4.69) is 5.32 Å². The van der Waals surface area contributed by atoms with Crippen molar-refractivity contribution in [3.8, 4) is 11.5 Å². The highest BCUT2D eigenvalue weighted by Gasteiger charge is 2.34. The van der Waals surface area contributed by atoms with Gasteiger partial charge >= 0.3 is 0 Å². The van der Waals surface area contributed by atoms with Crippen LogP contribution in [0.1, 0.15) is 44.2 Å². The number of nitrogens with zero attached hydrogens (tertiary/aromatic N) is 2. The maximum absolute atomic E-state index is 14.2. The Morgan fingerprint density at radius 2 is 1.62 bits per heavy atom. The molecule has 3 aromatic carbocycles. The summed E-state index contributed by atoms with van der Waals surface area (Å²) in [6, 6.07) is 19.7. The van der Waals surface area contributed by atoms with Gasteiger partial charge in [0.25, 0.3) is 10.0 Å². The van der Waals surface area contributed by atoms with Gasteiger partial charge in [0, 0.05) is 19.2 Å². The minimum absolute atomic E-state index is 0.0436. The minimum Gasteiger partial charge on any atom is -0.486 e. The lowest BCUT2D eigenvalue weighted by atomic mass is 10.1. The summed E-state index contributed by atoms with van der Waals surface area (Å²) in [6.07, 6.45) is 2.11.